The van der Waals surface area contributed by atoms with E-state index in [4.69, 9.17) is 11.0 Å². The maximum absolute atomic E-state index is 13.2. The van der Waals surface area contributed by atoms with E-state index in [0.29, 0.717) is 10.0 Å². The summed E-state index contributed by atoms with van der Waals surface area (Å²) in [6.45, 7) is 0. The van der Waals surface area contributed by atoms with Crippen molar-refractivity contribution < 1.29 is 4.39 Å². The lowest BCUT2D eigenvalue weighted by Crippen LogP contribution is -2.11. The molecule has 0 aromatic heterocycles. The SMILES string of the molecule is Cl.N#CC[C@H](N)c1c(F)cccc1Br. The third-order valence-electron chi connectivity index (χ3n) is 1.68. The number of rotatable bonds is 2. The molecule has 0 spiro atoms. The molecule has 1 aromatic rings. The molecule has 1 aromatic carbocycles. The predicted molar refractivity (Wildman–Crippen MR) is 58.5 cm³/mol. The normalized spacial score (nSPS) is 11.3. The van der Waals surface area contributed by atoms with Gasteiger partial charge < -0.3 is 5.73 Å². The highest BCUT2D eigenvalue weighted by molar-refractivity contribution is 9.10. The molecule has 76 valence electrons. The lowest BCUT2D eigenvalue weighted by molar-refractivity contribution is 0.582. The number of hydrogen-bond donors (Lipinski definition) is 1. The van der Waals surface area contributed by atoms with Crippen molar-refractivity contribution in [2.24, 2.45) is 5.73 Å². The molecule has 1 atom stereocenters. The molecule has 1 rings (SSSR count). The second-order valence-corrected chi connectivity index (χ2v) is 3.46. The number of benzene rings is 1. The Hall–Kier alpha value is -0.630. The van der Waals surface area contributed by atoms with Crippen LogP contribution < -0.4 is 5.73 Å². The lowest BCUT2D eigenvalue weighted by atomic mass is 10.1. The van der Waals surface area contributed by atoms with Crippen molar-refractivity contribution in [2.45, 2.75) is 12.5 Å². The molecule has 0 heterocycles. The van der Waals surface area contributed by atoms with Gasteiger partial charge in [0.25, 0.3) is 0 Å². The van der Waals surface area contributed by atoms with Crippen LogP contribution in [0.1, 0.15) is 18.0 Å². The van der Waals surface area contributed by atoms with E-state index in [1.807, 2.05) is 6.07 Å². The summed E-state index contributed by atoms with van der Waals surface area (Å²) in [6, 6.07) is 5.96. The van der Waals surface area contributed by atoms with Crippen LogP contribution in [0, 0.1) is 17.1 Å². The first kappa shape index (κ1) is 13.4. The van der Waals surface area contributed by atoms with E-state index in [1.54, 1.807) is 12.1 Å². The molecule has 0 saturated carbocycles. The van der Waals surface area contributed by atoms with Gasteiger partial charge in [0.15, 0.2) is 0 Å². The second kappa shape index (κ2) is 5.97. The van der Waals surface area contributed by atoms with E-state index in [1.165, 1.54) is 6.07 Å². The van der Waals surface area contributed by atoms with Gasteiger partial charge in [0.1, 0.15) is 5.82 Å². The highest BCUT2D eigenvalue weighted by Crippen LogP contribution is 2.26. The third kappa shape index (κ3) is 2.95. The Kier molecular flexibility index (Phi) is 5.70. The van der Waals surface area contributed by atoms with Crippen molar-refractivity contribution in [3.05, 3.63) is 34.1 Å². The highest BCUT2D eigenvalue weighted by atomic mass is 79.9. The first-order chi connectivity index (χ1) is 6.16. The van der Waals surface area contributed by atoms with Gasteiger partial charge in [-0.25, -0.2) is 4.39 Å². The smallest absolute Gasteiger partial charge is 0.129 e. The summed E-state index contributed by atoms with van der Waals surface area (Å²) in [4.78, 5) is 0. The van der Waals surface area contributed by atoms with Crippen LogP contribution in [0.2, 0.25) is 0 Å². The first-order valence-electron chi connectivity index (χ1n) is 3.73. The predicted octanol–water partition coefficient (Wildman–Crippen LogP) is 2.92. The molecular formula is C9H9BrClFN2. The van der Waals surface area contributed by atoms with Crippen molar-refractivity contribution in [3.63, 3.8) is 0 Å². The Bertz CT molecular complexity index is 331. The van der Waals surface area contributed by atoms with Crippen LogP contribution in [0.15, 0.2) is 22.7 Å². The molecule has 14 heavy (non-hydrogen) atoms. The minimum absolute atomic E-state index is 0. The lowest BCUT2D eigenvalue weighted by Gasteiger charge is -2.10. The quantitative estimate of drug-likeness (QED) is 0.905. The molecule has 0 saturated heterocycles. The van der Waals surface area contributed by atoms with Crippen molar-refractivity contribution in [1.29, 1.82) is 5.26 Å². The van der Waals surface area contributed by atoms with Gasteiger partial charge in [0, 0.05) is 16.1 Å². The third-order valence-corrected chi connectivity index (χ3v) is 2.37. The minimum atomic E-state index is -0.569. The van der Waals surface area contributed by atoms with E-state index in [0.717, 1.165) is 0 Å². The molecule has 0 aliphatic carbocycles. The second-order valence-electron chi connectivity index (χ2n) is 2.60. The van der Waals surface area contributed by atoms with Gasteiger partial charge in [-0.05, 0) is 12.1 Å². The van der Waals surface area contributed by atoms with Gasteiger partial charge in [-0.15, -0.1) is 12.4 Å². The number of nitriles is 1. The maximum Gasteiger partial charge on any atom is 0.129 e. The standard InChI is InChI=1S/C9H8BrFN2.ClH/c10-6-2-1-3-7(11)9(6)8(13)4-5-12;/h1-3,8H,4,13H2;1H/t8-;/m0./s1. The van der Waals surface area contributed by atoms with Crippen LogP contribution in [0.25, 0.3) is 0 Å². The maximum atomic E-state index is 13.2. The Morgan fingerprint density at radius 1 is 1.57 bits per heavy atom. The molecule has 2 nitrogen and oxygen atoms in total. The van der Waals surface area contributed by atoms with Gasteiger partial charge in [-0.3, -0.25) is 0 Å². The zero-order valence-corrected chi connectivity index (χ0v) is 9.61. The Morgan fingerprint density at radius 3 is 2.71 bits per heavy atom. The number of nitrogens with two attached hydrogens (primary N) is 1. The fraction of sp³-hybridized carbons (Fsp3) is 0.222. The molecule has 0 aliphatic rings. The minimum Gasteiger partial charge on any atom is -0.323 e. The fourth-order valence-electron chi connectivity index (χ4n) is 1.07. The van der Waals surface area contributed by atoms with Crippen molar-refractivity contribution in [3.8, 4) is 6.07 Å². The Labute approximate surface area is 96.4 Å². The van der Waals surface area contributed by atoms with E-state index in [9.17, 15) is 4.39 Å². The van der Waals surface area contributed by atoms with Gasteiger partial charge in [-0.1, -0.05) is 22.0 Å². The molecule has 0 amide bonds. The van der Waals surface area contributed by atoms with Crippen molar-refractivity contribution in [1.82, 2.24) is 0 Å². The summed E-state index contributed by atoms with van der Waals surface area (Å²) < 4.78 is 13.8. The van der Waals surface area contributed by atoms with Crippen LogP contribution in [0.3, 0.4) is 0 Å². The first-order valence-corrected chi connectivity index (χ1v) is 4.52. The fourth-order valence-corrected chi connectivity index (χ4v) is 1.70. The molecule has 5 heteroatoms. The van der Waals surface area contributed by atoms with Crippen LogP contribution >= 0.6 is 28.3 Å². The summed E-state index contributed by atoms with van der Waals surface area (Å²) >= 11 is 3.19. The van der Waals surface area contributed by atoms with Crippen molar-refractivity contribution >= 4 is 28.3 Å². The number of hydrogen-bond acceptors (Lipinski definition) is 2. The van der Waals surface area contributed by atoms with Gasteiger partial charge in [0.2, 0.25) is 0 Å². The summed E-state index contributed by atoms with van der Waals surface area (Å²) in [5, 5.41) is 8.41. The topological polar surface area (TPSA) is 49.8 Å². The van der Waals surface area contributed by atoms with Crippen LogP contribution in [0.4, 0.5) is 4.39 Å². The summed E-state index contributed by atoms with van der Waals surface area (Å²) in [7, 11) is 0. The summed E-state index contributed by atoms with van der Waals surface area (Å²) in [5.74, 6) is -0.378. The summed E-state index contributed by atoms with van der Waals surface area (Å²) in [5.41, 5.74) is 5.98. The molecular weight excluding hydrogens is 270 g/mol. The number of nitrogens with zero attached hydrogens (tertiary/aromatic N) is 1. The Balaban J connectivity index is 0.00000169. The van der Waals surface area contributed by atoms with Gasteiger partial charge in [-0.2, -0.15) is 5.26 Å². The molecule has 0 radical (unpaired) electrons. The zero-order chi connectivity index (χ0) is 9.84. The zero-order valence-electron chi connectivity index (χ0n) is 7.21. The molecule has 0 aliphatic heterocycles. The van der Waals surface area contributed by atoms with E-state index in [2.05, 4.69) is 15.9 Å². The van der Waals surface area contributed by atoms with E-state index >= 15 is 0 Å². The Morgan fingerprint density at radius 2 is 2.21 bits per heavy atom. The van der Waals surface area contributed by atoms with E-state index in [-0.39, 0.29) is 24.6 Å². The highest BCUT2D eigenvalue weighted by Gasteiger charge is 2.13. The van der Waals surface area contributed by atoms with Crippen LogP contribution in [-0.4, -0.2) is 0 Å². The molecule has 0 fully saturated rings. The van der Waals surface area contributed by atoms with Crippen LogP contribution in [0.5, 0.6) is 0 Å². The van der Waals surface area contributed by atoms with Crippen molar-refractivity contribution in [2.75, 3.05) is 0 Å². The van der Waals surface area contributed by atoms with Gasteiger partial charge in [0.05, 0.1) is 12.5 Å². The largest absolute Gasteiger partial charge is 0.323 e. The molecule has 0 bridgehead atoms. The monoisotopic (exact) mass is 278 g/mol. The summed E-state index contributed by atoms with van der Waals surface area (Å²) in [6.07, 6.45) is 0.111. The number of halogens is 3. The van der Waals surface area contributed by atoms with Crippen LogP contribution in [-0.2, 0) is 0 Å². The molecule has 2 N–H and O–H groups in total. The average molecular weight is 280 g/mol. The average Bonchev–Trinajstić information content (AvgIpc) is 2.04. The molecule has 0 unspecified atom stereocenters. The van der Waals surface area contributed by atoms with E-state index < -0.39 is 6.04 Å². The van der Waals surface area contributed by atoms with Gasteiger partial charge >= 0.3 is 0 Å².